The average molecular weight is 862 g/mol. The Morgan fingerprint density at radius 2 is 0.593 bits per heavy atom. The standard InChI is InChI=1S/C54H88N2S3/c1-3-5-7-9-11-13-15-17-19-21-23-25-27-29-31-33-35-37-39-47-43-51(57-45-47)49-41-42-50(54-53(49)55-59-56-54)52-44-48(46-58-52)40-38-36-34-32-30-28-26-24-22-20-18-16-14-12-10-8-6-4-2/h41-46H,3-40H2,1-2H3. The lowest BCUT2D eigenvalue weighted by molar-refractivity contribution is 0.525. The first-order valence-electron chi connectivity index (χ1n) is 25.7. The first kappa shape index (κ1) is 50.1. The highest BCUT2D eigenvalue weighted by atomic mass is 32.1. The minimum atomic E-state index is 1.08. The van der Waals surface area contributed by atoms with Crippen LogP contribution in [0.25, 0.3) is 31.9 Å². The summed E-state index contributed by atoms with van der Waals surface area (Å²) in [6.45, 7) is 4.61. The molecule has 0 atom stereocenters. The Morgan fingerprint density at radius 1 is 0.339 bits per heavy atom. The van der Waals surface area contributed by atoms with Crippen LogP contribution >= 0.6 is 34.4 Å². The van der Waals surface area contributed by atoms with Gasteiger partial charge < -0.3 is 0 Å². The Hall–Kier alpha value is -1.56. The molecule has 2 nitrogen and oxygen atoms in total. The fourth-order valence-corrected chi connectivity index (χ4v) is 11.5. The van der Waals surface area contributed by atoms with Gasteiger partial charge in [0.25, 0.3) is 0 Å². The van der Waals surface area contributed by atoms with Gasteiger partial charge in [0.1, 0.15) is 11.0 Å². The summed E-state index contributed by atoms with van der Waals surface area (Å²) in [5.74, 6) is 0. The van der Waals surface area contributed by atoms with Crippen LogP contribution in [0.3, 0.4) is 0 Å². The van der Waals surface area contributed by atoms with Crippen molar-refractivity contribution in [3.63, 3.8) is 0 Å². The predicted molar refractivity (Wildman–Crippen MR) is 269 cm³/mol. The largest absolute Gasteiger partial charge is 0.172 e. The minimum absolute atomic E-state index is 1.08. The van der Waals surface area contributed by atoms with Crippen LogP contribution < -0.4 is 0 Å². The molecule has 0 aliphatic rings. The molecule has 0 spiro atoms. The van der Waals surface area contributed by atoms with Crippen LogP contribution in [0.4, 0.5) is 0 Å². The van der Waals surface area contributed by atoms with Crippen LogP contribution in [0.2, 0.25) is 0 Å². The third-order valence-electron chi connectivity index (χ3n) is 12.9. The second-order valence-corrected chi connectivity index (χ2v) is 20.6. The third kappa shape index (κ3) is 21.9. The fourth-order valence-electron chi connectivity index (χ4n) is 9.02. The van der Waals surface area contributed by atoms with Crippen molar-refractivity contribution in [2.75, 3.05) is 0 Å². The van der Waals surface area contributed by atoms with E-state index in [-0.39, 0.29) is 0 Å². The molecule has 59 heavy (non-hydrogen) atoms. The molecule has 4 rings (SSSR count). The van der Waals surface area contributed by atoms with E-state index in [4.69, 9.17) is 8.75 Å². The van der Waals surface area contributed by atoms with Crippen molar-refractivity contribution in [2.24, 2.45) is 0 Å². The van der Waals surface area contributed by atoms with Crippen LogP contribution in [-0.4, -0.2) is 8.75 Å². The Kier molecular flexibility index (Phi) is 28.9. The molecule has 3 heterocycles. The van der Waals surface area contributed by atoms with Gasteiger partial charge in [-0.3, -0.25) is 0 Å². The molecule has 0 aliphatic carbocycles. The molecule has 0 saturated carbocycles. The number of aryl methyl sites for hydroxylation is 2. The van der Waals surface area contributed by atoms with Crippen molar-refractivity contribution >= 4 is 45.4 Å². The van der Waals surface area contributed by atoms with Gasteiger partial charge in [0.15, 0.2) is 0 Å². The van der Waals surface area contributed by atoms with E-state index in [1.807, 2.05) is 22.7 Å². The van der Waals surface area contributed by atoms with E-state index in [1.165, 1.54) is 288 Å². The lowest BCUT2D eigenvalue weighted by atomic mass is 10.0. The zero-order valence-corrected chi connectivity index (χ0v) is 40.9. The van der Waals surface area contributed by atoms with Crippen LogP contribution in [0, 0.1) is 0 Å². The summed E-state index contributed by atoms with van der Waals surface area (Å²) < 4.78 is 9.64. The smallest absolute Gasteiger partial charge is 0.114 e. The second kappa shape index (κ2) is 34.0. The normalized spacial score (nSPS) is 11.8. The van der Waals surface area contributed by atoms with E-state index in [9.17, 15) is 0 Å². The molecule has 0 bridgehead atoms. The van der Waals surface area contributed by atoms with Crippen LogP contribution in [-0.2, 0) is 12.8 Å². The third-order valence-corrected chi connectivity index (χ3v) is 15.4. The lowest BCUT2D eigenvalue weighted by Gasteiger charge is -2.04. The van der Waals surface area contributed by atoms with Gasteiger partial charge in [-0.1, -0.05) is 244 Å². The average Bonchev–Trinajstić information content (AvgIpc) is 4.05. The number of benzene rings is 1. The Bertz CT molecular complexity index is 1440. The first-order chi connectivity index (χ1) is 29.3. The van der Waals surface area contributed by atoms with Gasteiger partial charge >= 0.3 is 0 Å². The van der Waals surface area contributed by atoms with Crippen molar-refractivity contribution in [3.05, 3.63) is 46.2 Å². The number of hydrogen-bond donors (Lipinski definition) is 0. The van der Waals surface area contributed by atoms with Crippen molar-refractivity contribution in [1.82, 2.24) is 8.75 Å². The zero-order valence-electron chi connectivity index (χ0n) is 38.5. The summed E-state index contributed by atoms with van der Waals surface area (Å²) in [4.78, 5) is 2.68. The quantitative estimate of drug-likeness (QED) is 0.0417. The lowest BCUT2D eigenvalue weighted by Crippen LogP contribution is -1.86. The van der Waals surface area contributed by atoms with Gasteiger partial charge in [0.05, 0.1) is 11.7 Å². The molecular formula is C54H88N2S3. The molecule has 0 aliphatic heterocycles. The Balaban J connectivity index is 1.01. The molecule has 0 radical (unpaired) electrons. The van der Waals surface area contributed by atoms with Gasteiger partial charge in [-0.25, -0.2) is 0 Å². The second-order valence-electron chi connectivity index (χ2n) is 18.3. The summed E-state index contributed by atoms with van der Waals surface area (Å²) >= 11 is 5.12. The molecule has 5 heteroatoms. The van der Waals surface area contributed by atoms with Crippen molar-refractivity contribution in [3.8, 4) is 20.9 Å². The molecule has 0 amide bonds. The SMILES string of the molecule is CCCCCCCCCCCCCCCCCCCCc1csc(-c2ccc(-c3cc(CCCCCCCCCCCCCCCCCCCC)cs3)c3nsnc23)c1. The highest BCUT2D eigenvalue weighted by molar-refractivity contribution is 7.14. The molecule has 0 N–H and O–H groups in total. The van der Waals surface area contributed by atoms with Crippen LogP contribution in [0.1, 0.15) is 256 Å². The summed E-state index contributed by atoms with van der Waals surface area (Å²) in [7, 11) is 0. The van der Waals surface area contributed by atoms with Crippen molar-refractivity contribution in [2.45, 2.75) is 258 Å². The maximum atomic E-state index is 4.82. The minimum Gasteiger partial charge on any atom is -0.172 e. The van der Waals surface area contributed by atoms with Gasteiger partial charge in [0, 0.05) is 20.9 Å². The molecule has 1 aromatic carbocycles. The van der Waals surface area contributed by atoms with E-state index in [2.05, 4.69) is 48.9 Å². The van der Waals surface area contributed by atoms with E-state index in [1.54, 1.807) is 0 Å². The maximum absolute atomic E-state index is 4.82. The molecule has 3 aromatic heterocycles. The fraction of sp³-hybridized carbons (Fsp3) is 0.741. The Morgan fingerprint density at radius 3 is 0.864 bits per heavy atom. The highest BCUT2D eigenvalue weighted by Gasteiger charge is 2.16. The predicted octanol–water partition coefficient (Wildman–Crippen LogP) is 20.3. The van der Waals surface area contributed by atoms with Crippen LogP contribution in [0.15, 0.2) is 35.0 Å². The number of rotatable bonds is 40. The van der Waals surface area contributed by atoms with E-state index < -0.39 is 0 Å². The number of unbranched alkanes of at least 4 members (excludes halogenated alkanes) is 34. The maximum Gasteiger partial charge on any atom is 0.114 e. The summed E-state index contributed by atoms with van der Waals surface area (Å²) in [5, 5.41) is 4.77. The summed E-state index contributed by atoms with van der Waals surface area (Å²) in [5.41, 5.74) is 7.64. The van der Waals surface area contributed by atoms with Gasteiger partial charge in [-0.15, -0.1) is 22.7 Å². The van der Waals surface area contributed by atoms with E-state index in [0.29, 0.717) is 0 Å². The number of aromatic nitrogens is 2. The molecule has 0 saturated heterocycles. The molecule has 0 unspecified atom stereocenters. The first-order valence-corrected chi connectivity index (χ1v) is 28.2. The van der Waals surface area contributed by atoms with Crippen molar-refractivity contribution < 1.29 is 0 Å². The molecule has 0 fully saturated rings. The summed E-state index contributed by atoms with van der Waals surface area (Å²) in [6, 6.07) is 9.47. The molecular weight excluding hydrogens is 773 g/mol. The zero-order chi connectivity index (χ0) is 41.3. The van der Waals surface area contributed by atoms with Crippen LogP contribution in [0.5, 0.6) is 0 Å². The number of nitrogens with zero attached hydrogens (tertiary/aromatic N) is 2. The van der Waals surface area contributed by atoms with E-state index in [0.717, 1.165) is 11.0 Å². The number of thiophene rings is 2. The van der Waals surface area contributed by atoms with Crippen molar-refractivity contribution in [1.29, 1.82) is 0 Å². The molecule has 4 aromatic rings. The monoisotopic (exact) mass is 861 g/mol. The summed E-state index contributed by atoms with van der Waals surface area (Å²) in [6.07, 6.45) is 53.9. The van der Waals surface area contributed by atoms with Gasteiger partial charge in [-0.2, -0.15) is 8.75 Å². The van der Waals surface area contributed by atoms with Gasteiger partial charge in [0.2, 0.25) is 0 Å². The number of fused-ring (bicyclic) bond motifs is 1. The Labute approximate surface area is 376 Å². The highest BCUT2D eigenvalue weighted by Crippen LogP contribution is 2.39. The topological polar surface area (TPSA) is 25.8 Å². The molecule has 332 valence electrons. The van der Waals surface area contributed by atoms with Gasteiger partial charge in [-0.05, 0) is 59.7 Å². The number of hydrogen-bond acceptors (Lipinski definition) is 5. The van der Waals surface area contributed by atoms with E-state index >= 15 is 0 Å².